The lowest BCUT2D eigenvalue weighted by molar-refractivity contribution is 0.178. The van der Waals surface area contributed by atoms with Crippen LogP contribution in [0.5, 0.6) is 0 Å². The largest absolute Gasteiger partial charge is 0.388 e. The molecule has 5 heteroatoms. The lowest BCUT2D eigenvalue weighted by atomic mass is 10.1. The molecule has 2 nitrogen and oxygen atoms in total. The molecule has 1 N–H and O–H groups in total. The van der Waals surface area contributed by atoms with Crippen LogP contribution >= 0.6 is 49.9 Å². The van der Waals surface area contributed by atoms with Gasteiger partial charge in [-0.1, -0.05) is 15.9 Å². The predicted octanol–water partition coefficient (Wildman–Crippen LogP) is 3.79. The molecule has 0 radical (unpaired) electrons. The Kier molecular flexibility index (Phi) is 4.34. The first-order valence-corrected chi connectivity index (χ1v) is 7.42. The molecule has 0 saturated carbocycles. The van der Waals surface area contributed by atoms with E-state index in [1.54, 1.807) is 23.0 Å². The van der Waals surface area contributed by atoms with Gasteiger partial charge in [0.05, 0.1) is 11.6 Å². The second-order valence-corrected chi connectivity index (χ2v) is 6.42. The molecule has 84 valence electrons. The van der Waals surface area contributed by atoms with Crippen LogP contribution in [0.25, 0.3) is 0 Å². The van der Waals surface area contributed by atoms with Gasteiger partial charge in [0.15, 0.2) is 0 Å². The highest BCUT2D eigenvalue weighted by molar-refractivity contribution is 14.1. The van der Waals surface area contributed by atoms with Crippen molar-refractivity contribution in [2.75, 3.05) is 0 Å². The summed E-state index contributed by atoms with van der Waals surface area (Å²) >= 11 is 7.27. The molecule has 0 aliphatic rings. The molecule has 1 unspecified atom stereocenters. The van der Waals surface area contributed by atoms with Crippen LogP contribution in [0.3, 0.4) is 0 Å². The zero-order valence-corrected chi connectivity index (χ0v) is 12.8. The van der Waals surface area contributed by atoms with E-state index >= 15 is 0 Å². The maximum absolute atomic E-state index is 10.1. The smallest absolute Gasteiger partial charge is 0.0850 e. The topological polar surface area (TPSA) is 33.1 Å². The molecule has 0 saturated heterocycles. The number of benzene rings is 1. The Balaban J connectivity index is 2.20. The van der Waals surface area contributed by atoms with Gasteiger partial charge in [-0.2, -0.15) is 0 Å². The van der Waals surface area contributed by atoms with Gasteiger partial charge in [0, 0.05) is 25.5 Å². The van der Waals surface area contributed by atoms with Crippen molar-refractivity contribution in [3.8, 4) is 0 Å². The minimum Gasteiger partial charge on any atom is -0.388 e. The summed E-state index contributed by atoms with van der Waals surface area (Å²) in [6, 6.07) is 5.97. The molecule has 1 aromatic carbocycles. The molecule has 2 aromatic rings. The molecule has 0 fully saturated rings. The van der Waals surface area contributed by atoms with Gasteiger partial charge in [-0.3, -0.25) is 4.98 Å². The van der Waals surface area contributed by atoms with Crippen LogP contribution in [-0.2, 0) is 6.42 Å². The molecular formula is C11H9BrINOS. The summed E-state index contributed by atoms with van der Waals surface area (Å²) in [5.41, 5.74) is 2.71. The van der Waals surface area contributed by atoms with Crippen molar-refractivity contribution >= 4 is 49.9 Å². The van der Waals surface area contributed by atoms with E-state index in [0.717, 1.165) is 18.5 Å². The van der Waals surface area contributed by atoms with Crippen LogP contribution in [0, 0.1) is 3.57 Å². The lowest BCUT2D eigenvalue weighted by Gasteiger charge is -2.12. The van der Waals surface area contributed by atoms with Crippen LogP contribution < -0.4 is 0 Å². The molecule has 16 heavy (non-hydrogen) atoms. The number of thiazole rings is 1. The summed E-state index contributed by atoms with van der Waals surface area (Å²) in [7, 11) is 0. The number of halogens is 2. The van der Waals surface area contributed by atoms with Crippen LogP contribution in [0.2, 0.25) is 0 Å². The zero-order valence-electron chi connectivity index (χ0n) is 8.23. The summed E-state index contributed by atoms with van der Waals surface area (Å²) in [6.45, 7) is 0. The molecule has 0 aliphatic carbocycles. The molecule has 0 aliphatic heterocycles. The van der Waals surface area contributed by atoms with Gasteiger partial charge in [0.1, 0.15) is 0 Å². The highest BCUT2D eigenvalue weighted by Crippen LogP contribution is 2.28. The standard InChI is InChI=1S/C11H9BrINOS/c12-10-2-1-7(13)3-9(10)11(15)4-8-5-14-6-16-8/h1-3,5-6,11,15H,4H2. The summed E-state index contributed by atoms with van der Waals surface area (Å²) < 4.78 is 2.07. The van der Waals surface area contributed by atoms with Crippen molar-refractivity contribution < 1.29 is 5.11 Å². The monoisotopic (exact) mass is 409 g/mol. The van der Waals surface area contributed by atoms with Gasteiger partial charge in [-0.25, -0.2) is 0 Å². The maximum Gasteiger partial charge on any atom is 0.0850 e. The number of hydrogen-bond acceptors (Lipinski definition) is 3. The average Bonchev–Trinajstić information content (AvgIpc) is 2.74. The third-order valence-electron chi connectivity index (χ3n) is 2.20. The Hall–Kier alpha value is 0.0200. The molecule has 1 atom stereocenters. The zero-order chi connectivity index (χ0) is 11.5. The molecule has 0 amide bonds. The van der Waals surface area contributed by atoms with Crippen molar-refractivity contribution in [2.24, 2.45) is 0 Å². The van der Waals surface area contributed by atoms with E-state index in [1.165, 1.54) is 0 Å². The number of nitrogens with zero attached hydrogens (tertiary/aromatic N) is 1. The van der Waals surface area contributed by atoms with Crippen molar-refractivity contribution in [1.82, 2.24) is 4.98 Å². The third kappa shape index (κ3) is 3.03. The first kappa shape index (κ1) is 12.5. The van der Waals surface area contributed by atoms with Crippen LogP contribution in [0.1, 0.15) is 16.5 Å². The fourth-order valence-electron chi connectivity index (χ4n) is 1.41. The predicted molar refractivity (Wildman–Crippen MR) is 77.6 cm³/mol. The number of hydrogen-bond donors (Lipinski definition) is 1. The quantitative estimate of drug-likeness (QED) is 0.782. The Labute approximate surface area is 120 Å². The fraction of sp³-hybridized carbons (Fsp3) is 0.182. The maximum atomic E-state index is 10.1. The SMILES string of the molecule is OC(Cc1cncs1)c1cc(I)ccc1Br. The first-order chi connectivity index (χ1) is 7.66. The lowest BCUT2D eigenvalue weighted by Crippen LogP contribution is -2.02. The number of aromatic nitrogens is 1. The normalized spacial score (nSPS) is 12.7. The number of aliphatic hydroxyl groups excluding tert-OH is 1. The molecule has 1 heterocycles. The third-order valence-corrected chi connectivity index (χ3v) is 4.39. The Morgan fingerprint density at radius 1 is 1.50 bits per heavy atom. The van der Waals surface area contributed by atoms with E-state index in [0.29, 0.717) is 6.42 Å². The van der Waals surface area contributed by atoms with Gasteiger partial charge in [0.25, 0.3) is 0 Å². The second kappa shape index (κ2) is 5.57. The van der Waals surface area contributed by atoms with Crippen LogP contribution in [0.4, 0.5) is 0 Å². The van der Waals surface area contributed by atoms with Crippen LogP contribution in [-0.4, -0.2) is 10.1 Å². The summed E-state index contributed by atoms with van der Waals surface area (Å²) in [6.07, 6.45) is 1.93. The summed E-state index contributed by atoms with van der Waals surface area (Å²) in [4.78, 5) is 5.10. The van der Waals surface area contributed by atoms with E-state index < -0.39 is 6.10 Å². The molecule has 2 rings (SSSR count). The Morgan fingerprint density at radius 2 is 2.31 bits per heavy atom. The van der Waals surface area contributed by atoms with Crippen LogP contribution in [0.15, 0.2) is 34.4 Å². The van der Waals surface area contributed by atoms with Gasteiger partial charge in [-0.15, -0.1) is 11.3 Å². The number of rotatable bonds is 3. The van der Waals surface area contributed by atoms with E-state index in [9.17, 15) is 5.11 Å². The summed E-state index contributed by atoms with van der Waals surface area (Å²) in [5.74, 6) is 0. The molecule has 0 spiro atoms. The molecule has 0 bridgehead atoms. The minimum atomic E-state index is -0.482. The van der Waals surface area contributed by atoms with E-state index in [-0.39, 0.29) is 0 Å². The average molecular weight is 410 g/mol. The first-order valence-electron chi connectivity index (χ1n) is 4.67. The van der Waals surface area contributed by atoms with Gasteiger partial charge in [0.2, 0.25) is 0 Å². The highest BCUT2D eigenvalue weighted by Gasteiger charge is 2.13. The molecular weight excluding hydrogens is 401 g/mol. The minimum absolute atomic E-state index is 0.482. The Morgan fingerprint density at radius 3 is 3.00 bits per heavy atom. The van der Waals surface area contributed by atoms with E-state index in [2.05, 4.69) is 43.5 Å². The van der Waals surface area contributed by atoms with Crippen molar-refractivity contribution in [3.05, 3.63) is 48.4 Å². The highest BCUT2D eigenvalue weighted by atomic mass is 127. The summed E-state index contributed by atoms with van der Waals surface area (Å²) in [5, 5.41) is 10.1. The number of aliphatic hydroxyl groups is 1. The molecule has 1 aromatic heterocycles. The second-order valence-electron chi connectivity index (χ2n) is 3.35. The van der Waals surface area contributed by atoms with Crippen molar-refractivity contribution in [2.45, 2.75) is 12.5 Å². The Bertz CT molecular complexity index is 475. The van der Waals surface area contributed by atoms with Crippen molar-refractivity contribution in [3.63, 3.8) is 0 Å². The van der Waals surface area contributed by atoms with Gasteiger partial charge < -0.3 is 5.11 Å². The van der Waals surface area contributed by atoms with Crippen molar-refractivity contribution in [1.29, 1.82) is 0 Å². The van der Waals surface area contributed by atoms with Gasteiger partial charge in [-0.05, 0) is 46.4 Å². The van der Waals surface area contributed by atoms with E-state index in [4.69, 9.17) is 0 Å². The van der Waals surface area contributed by atoms with Gasteiger partial charge >= 0.3 is 0 Å². The van der Waals surface area contributed by atoms with E-state index in [1.807, 2.05) is 18.2 Å². The fourth-order valence-corrected chi connectivity index (χ4v) is 3.07.